The van der Waals surface area contributed by atoms with Crippen LogP contribution in [0.5, 0.6) is 0 Å². The summed E-state index contributed by atoms with van der Waals surface area (Å²) in [7, 11) is 1.86. The topological polar surface area (TPSA) is 50.2 Å². The van der Waals surface area contributed by atoms with Gasteiger partial charge in [0, 0.05) is 38.0 Å². The molecule has 1 N–H and O–H groups in total. The monoisotopic (exact) mass is 324 g/mol. The van der Waals surface area contributed by atoms with Gasteiger partial charge in [-0.25, -0.2) is 0 Å². The second kappa shape index (κ2) is 7.81. The van der Waals surface area contributed by atoms with E-state index < -0.39 is 0 Å². The Morgan fingerprint density at radius 3 is 2.62 bits per heavy atom. The lowest BCUT2D eigenvalue weighted by Crippen LogP contribution is -2.25. The molecule has 1 amide bonds. The third-order valence-corrected chi connectivity index (χ3v) is 4.26. The van der Waals surface area contributed by atoms with E-state index in [4.69, 9.17) is 0 Å². The summed E-state index contributed by atoms with van der Waals surface area (Å²) in [5, 5.41) is 7.10. The van der Waals surface area contributed by atoms with E-state index in [1.54, 1.807) is 23.0 Å². The molecule has 5 heteroatoms. The summed E-state index contributed by atoms with van der Waals surface area (Å²) in [6.45, 7) is 2.11. The zero-order valence-corrected chi connectivity index (χ0v) is 14.1. The zero-order chi connectivity index (χ0) is 16.8. The van der Waals surface area contributed by atoms with Crippen LogP contribution in [0.3, 0.4) is 0 Å². The molecule has 3 rings (SSSR count). The second-order valence-corrected chi connectivity index (χ2v) is 6.19. The van der Waals surface area contributed by atoms with E-state index in [0.29, 0.717) is 0 Å². The number of nitrogens with zero attached hydrogens (tertiary/aromatic N) is 3. The van der Waals surface area contributed by atoms with Gasteiger partial charge in [-0.3, -0.25) is 9.48 Å². The minimum atomic E-state index is -0.124. The number of aryl methyl sites for hydroxylation is 1. The van der Waals surface area contributed by atoms with Crippen molar-refractivity contribution in [3.05, 3.63) is 48.3 Å². The molecule has 0 aliphatic carbocycles. The highest BCUT2D eigenvalue weighted by molar-refractivity contribution is 6.03. The summed E-state index contributed by atoms with van der Waals surface area (Å²) in [4.78, 5) is 14.6. The Morgan fingerprint density at radius 1 is 1.17 bits per heavy atom. The van der Waals surface area contributed by atoms with Gasteiger partial charge in [0.15, 0.2) is 0 Å². The molecule has 1 aromatic heterocycles. The van der Waals surface area contributed by atoms with Gasteiger partial charge in [-0.1, -0.05) is 25.0 Å². The predicted molar refractivity (Wildman–Crippen MR) is 98.0 cm³/mol. The third-order valence-electron chi connectivity index (χ3n) is 4.26. The number of hydrogen-bond acceptors (Lipinski definition) is 3. The van der Waals surface area contributed by atoms with Gasteiger partial charge in [-0.15, -0.1) is 0 Å². The van der Waals surface area contributed by atoms with E-state index in [0.717, 1.165) is 30.0 Å². The Labute approximate surface area is 143 Å². The number of nitrogens with one attached hydrogen (secondary N) is 1. The van der Waals surface area contributed by atoms with Gasteiger partial charge in [-0.2, -0.15) is 5.10 Å². The van der Waals surface area contributed by atoms with Crippen molar-refractivity contribution in [3.8, 4) is 0 Å². The fourth-order valence-corrected chi connectivity index (χ4v) is 3.04. The van der Waals surface area contributed by atoms with Gasteiger partial charge in [0.2, 0.25) is 5.91 Å². The Morgan fingerprint density at radius 2 is 1.92 bits per heavy atom. The van der Waals surface area contributed by atoms with Crippen molar-refractivity contribution in [1.29, 1.82) is 0 Å². The van der Waals surface area contributed by atoms with Crippen molar-refractivity contribution in [3.63, 3.8) is 0 Å². The fraction of sp³-hybridized carbons (Fsp3) is 0.368. The molecule has 0 spiro atoms. The maximum absolute atomic E-state index is 12.3. The molecule has 126 valence electrons. The number of carbonyl (C=O) groups is 1. The molecule has 24 heavy (non-hydrogen) atoms. The van der Waals surface area contributed by atoms with Crippen molar-refractivity contribution in [2.24, 2.45) is 7.05 Å². The predicted octanol–water partition coefficient (Wildman–Crippen LogP) is 3.45. The lowest BCUT2D eigenvalue weighted by atomic mass is 10.2. The maximum atomic E-state index is 12.3. The summed E-state index contributed by atoms with van der Waals surface area (Å²) in [6.07, 6.45) is 11.9. The Bertz CT molecular complexity index is 712. The molecule has 0 atom stereocenters. The van der Waals surface area contributed by atoms with Crippen molar-refractivity contribution in [2.75, 3.05) is 23.3 Å². The van der Waals surface area contributed by atoms with Gasteiger partial charge in [0.1, 0.15) is 0 Å². The molecule has 1 saturated heterocycles. The van der Waals surface area contributed by atoms with Gasteiger partial charge in [-0.05, 0) is 31.1 Å². The first-order valence-electron chi connectivity index (χ1n) is 8.54. The smallest absolute Gasteiger partial charge is 0.248 e. The van der Waals surface area contributed by atoms with Crippen LogP contribution in [0.1, 0.15) is 31.2 Å². The third kappa shape index (κ3) is 4.25. The Balaban J connectivity index is 1.70. The SMILES string of the molecule is Cn1cc(/C=C\C(=O)Nc2ccccc2N2CCCCCC2)cn1. The summed E-state index contributed by atoms with van der Waals surface area (Å²) in [5.41, 5.74) is 2.90. The van der Waals surface area contributed by atoms with Crippen molar-refractivity contribution < 1.29 is 4.79 Å². The molecular weight excluding hydrogens is 300 g/mol. The van der Waals surface area contributed by atoms with Crippen LogP contribution < -0.4 is 10.2 Å². The minimum Gasteiger partial charge on any atom is -0.370 e. The summed E-state index contributed by atoms with van der Waals surface area (Å²) in [5.74, 6) is -0.124. The quantitative estimate of drug-likeness (QED) is 0.876. The van der Waals surface area contributed by atoms with E-state index in [1.165, 1.54) is 25.7 Å². The van der Waals surface area contributed by atoms with Crippen LogP contribution in [0.25, 0.3) is 6.08 Å². The molecular formula is C19H24N4O. The van der Waals surface area contributed by atoms with Gasteiger partial charge in [0.05, 0.1) is 17.6 Å². The molecule has 1 fully saturated rings. The molecule has 0 bridgehead atoms. The summed E-state index contributed by atoms with van der Waals surface area (Å²) in [6, 6.07) is 8.05. The highest BCUT2D eigenvalue weighted by Crippen LogP contribution is 2.27. The molecule has 0 radical (unpaired) electrons. The largest absolute Gasteiger partial charge is 0.370 e. The van der Waals surface area contributed by atoms with Crippen LogP contribution in [0.15, 0.2) is 42.7 Å². The van der Waals surface area contributed by atoms with E-state index in [2.05, 4.69) is 21.4 Å². The van der Waals surface area contributed by atoms with E-state index in [1.807, 2.05) is 31.4 Å². The lowest BCUT2D eigenvalue weighted by molar-refractivity contribution is -0.111. The molecule has 5 nitrogen and oxygen atoms in total. The Kier molecular flexibility index (Phi) is 5.31. The zero-order valence-electron chi connectivity index (χ0n) is 14.1. The maximum Gasteiger partial charge on any atom is 0.248 e. The number of amides is 1. The molecule has 1 aliphatic rings. The van der Waals surface area contributed by atoms with Gasteiger partial charge < -0.3 is 10.2 Å². The molecule has 2 aromatic rings. The molecule has 0 unspecified atom stereocenters. The van der Waals surface area contributed by atoms with Crippen LogP contribution in [-0.2, 0) is 11.8 Å². The van der Waals surface area contributed by atoms with Crippen molar-refractivity contribution >= 4 is 23.4 Å². The summed E-state index contributed by atoms with van der Waals surface area (Å²) < 4.78 is 1.71. The number of para-hydroxylation sites is 2. The fourth-order valence-electron chi connectivity index (χ4n) is 3.04. The van der Waals surface area contributed by atoms with Crippen molar-refractivity contribution in [2.45, 2.75) is 25.7 Å². The van der Waals surface area contributed by atoms with Crippen LogP contribution in [0.4, 0.5) is 11.4 Å². The van der Waals surface area contributed by atoms with E-state index in [9.17, 15) is 4.79 Å². The normalized spacial score (nSPS) is 15.5. The summed E-state index contributed by atoms with van der Waals surface area (Å²) >= 11 is 0. The van der Waals surface area contributed by atoms with E-state index >= 15 is 0 Å². The number of anilines is 2. The molecule has 1 aromatic carbocycles. The first-order chi connectivity index (χ1) is 11.7. The number of hydrogen-bond donors (Lipinski definition) is 1. The number of aromatic nitrogens is 2. The van der Waals surface area contributed by atoms with Crippen molar-refractivity contribution in [1.82, 2.24) is 9.78 Å². The van der Waals surface area contributed by atoms with Crippen LogP contribution in [0.2, 0.25) is 0 Å². The standard InChI is InChI=1S/C19H24N4O/c1-22-15-16(14-20-22)10-11-19(24)21-17-8-4-5-9-18(17)23-12-6-2-3-7-13-23/h4-5,8-11,14-15H,2-3,6-7,12-13H2,1H3,(H,21,24)/b11-10-. The van der Waals surface area contributed by atoms with Gasteiger partial charge >= 0.3 is 0 Å². The molecule has 0 saturated carbocycles. The minimum absolute atomic E-state index is 0.124. The average Bonchev–Trinajstić information content (AvgIpc) is 2.83. The van der Waals surface area contributed by atoms with Crippen LogP contribution in [-0.4, -0.2) is 28.8 Å². The number of carbonyl (C=O) groups excluding carboxylic acids is 1. The highest BCUT2D eigenvalue weighted by atomic mass is 16.1. The highest BCUT2D eigenvalue weighted by Gasteiger charge is 2.14. The average molecular weight is 324 g/mol. The van der Waals surface area contributed by atoms with Gasteiger partial charge in [0.25, 0.3) is 0 Å². The first kappa shape index (κ1) is 16.3. The molecule has 2 heterocycles. The van der Waals surface area contributed by atoms with E-state index in [-0.39, 0.29) is 5.91 Å². The molecule has 1 aliphatic heterocycles. The van der Waals surface area contributed by atoms with Crippen LogP contribution >= 0.6 is 0 Å². The first-order valence-corrected chi connectivity index (χ1v) is 8.54. The Hall–Kier alpha value is -2.56. The van der Waals surface area contributed by atoms with Crippen LogP contribution in [0, 0.1) is 0 Å². The number of benzene rings is 1. The second-order valence-electron chi connectivity index (χ2n) is 6.19. The lowest BCUT2D eigenvalue weighted by Gasteiger charge is -2.25. The number of rotatable bonds is 4.